The van der Waals surface area contributed by atoms with Gasteiger partial charge in [-0.1, -0.05) is 6.42 Å². The summed E-state index contributed by atoms with van der Waals surface area (Å²) in [4.78, 5) is 82.2. The van der Waals surface area contributed by atoms with Gasteiger partial charge in [-0.15, -0.1) is 12.4 Å². The fraction of sp³-hybridized carbons (Fsp3) is 0.257. The maximum absolute atomic E-state index is 14.2. The highest BCUT2D eigenvalue weighted by atomic mass is 35.5. The number of benzene rings is 3. The minimum atomic E-state index is -1.79. The summed E-state index contributed by atoms with van der Waals surface area (Å²) in [5, 5.41) is 52.5. The lowest BCUT2D eigenvalue weighted by atomic mass is 9.88. The molecule has 266 valence electrons. The Morgan fingerprint density at radius 1 is 0.804 bits per heavy atom. The van der Waals surface area contributed by atoms with Gasteiger partial charge in [-0.25, -0.2) is 4.79 Å². The number of carboxylic acid groups (broad SMARTS) is 1. The highest BCUT2D eigenvalue weighted by Crippen LogP contribution is 2.40. The van der Waals surface area contributed by atoms with Crippen molar-refractivity contribution >= 4 is 68.8 Å². The number of amides is 1. The number of piperidine rings is 1. The highest BCUT2D eigenvalue weighted by Gasteiger charge is 2.31. The largest absolute Gasteiger partial charge is 0.504 e. The molecule has 16 heteroatoms. The maximum atomic E-state index is 14.2. The van der Waals surface area contributed by atoms with E-state index in [4.69, 9.17) is 8.83 Å². The second-order valence-electron chi connectivity index (χ2n) is 12.0. The number of carbonyl (C=O) groups is 4. The van der Waals surface area contributed by atoms with Crippen molar-refractivity contribution < 1.29 is 53.5 Å². The van der Waals surface area contributed by atoms with Gasteiger partial charge in [0.1, 0.15) is 28.6 Å². The smallest absolute Gasteiger partial charge is 0.340 e. The molecule has 0 spiro atoms. The summed E-state index contributed by atoms with van der Waals surface area (Å²) in [5.74, 6) is -7.98. The Kier molecular flexibility index (Phi) is 9.81. The SMILES string of the molecule is CC(=O)c1cc2c(=O)c3c(C(=O)NCCN4CCCCC4)c(O)c(O)cc3oc2c(C(C)=O)c1-c1coc2cc(O)c(O)c(C(=O)O)c2c1=O.Cl. The zero-order valence-corrected chi connectivity index (χ0v) is 27.9. The van der Waals surface area contributed by atoms with E-state index < -0.39 is 113 Å². The lowest BCUT2D eigenvalue weighted by Gasteiger charge is -2.26. The molecule has 15 nitrogen and oxygen atoms in total. The first-order valence-electron chi connectivity index (χ1n) is 15.5. The lowest BCUT2D eigenvalue weighted by Crippen LogP contribution is -2.37. The number of nitrogens with one attached hydrogen (secondary N) is 1. The van der Waals surface area contributed by atoms with Crippen molar-refractivity contribution in [3.63, 3.8) is 0 Å². The van der Waals surface area contributed by atoms with Crippen molar-refractivity contribution in [1.29, 1.82) is 0 Å². The number of ketones is 2. The van der Waals surface area contributed by atoms with Gasteiger partial charge in [-0.2, -0.15) is 0 Å². The highest BCUT2D eigenvalue weighted by molar-refractivity contribution is 6.19. The van der Waals surface area contributed by atoms with Gasteiger partial charge < -0.3 is 44.6 Å². The van der Waals surface area contributed by atoms with E-state index in [0.717, 1.165) is 70.7 Å². The average Bonchev–Trinajstić information content (AvgIpc) is 3.06. The van der Waals surface area contributed by atoms with E-state index in [0.29, 0.717) is 6.54 Å². The van der Waals surface area contributed by atoms with Gasteiger partial charge >= 0.3 is 5.97 Å². The Morgan fingerprint density at radius 2 is 1.41 bits per heavy atom. The van der Waals surface area contributed by atoms with Crippen molar-refractivity contribution in [2.24, 2.45) is 0 Å². The number of fused-ring (bicyclic) bond motifs is 3. The second-order valence-corrected chi connectivity index (χ2v) is 12.0. The molecule has 6 rings (SSSR count). The number of phenols is 4. The molecule has 1 saturated heterocycles. The summed E-state index contributed by atoms with van der Waals surface area (Å²) in [5.41, 5.74) is -6.71. The van der Waals surface area contributed by atoms with Gasteiger partial charge in [0.15, 0.2) is 34.6 Å². The van der Waals surface area contributed by atoms with Crippen LogP contribution in [0.4, 0.5) is 0 Å². The maximum Gasteiger partial charge on any atom is 0.340 e. The number of rotatable bonds is 8. The molecule has 0 atom stereocenters. The monoisotopic (exact) mass is 722 g/mol. The Bertz CT molecular complexity index is 2440. The summed E-state index contributed by atoms with van der Waals surface area (Å²) >= 11 is 0. The number of halogens is 1. The van der Waals surface area contributed by atoms with Gasteiger partial charge in [0.25, 0.3) is 5.91 Å². The van der Waals surface area contributed by atoms with Crippen LogP contribution < -0.4 is 16.2 Å². The lowest BCUT2D eigenvalue weighted by molar-refractivity contribution is 0.0694. The van der Waals surface area contributed by atoms with Crippen molar-refractivity contribution in [3.05, 3.63) is 67.2 Å². The van der Waals surface area contributed by atoms with Crippen LogP contribution in [0.3, 0.4) is 0 Å². The number of nitrogens with zero attached hydrogens (tertiary/aromatic N) is 1. The number of aromatic hydroxyl groups is 4. The number of hydrogen-bond donors (Lipinski definition) is 6. The van der Waals surface area contributed by atoms with Crippen LogP contribution in [-0.2, 0) is 0 Å². The Hall–Kier alpha value is -5.93. The van der Waals surface area contributed by atoms with Crippen LogP contribution in [0.5, 0.6) is 23.0 Å². The van der Waals surface area contributed by atoms with Gasteiger partial charge in [-0.3, -0.25) is 24.0 Å². The van der Waals surface area contributed by atoms with E-state index >= 15 is 0 Å². The van der Waals surface area contributed by atoms with Crippen molar-refractivity contribution in [1.82, 2.24) is 10.2 Å². The third-order valence-electron chi connectivity index (χ3n) is 8.83. The minimum absolute atomic E-state index is 0. The van der Waals surface area contributed by atoms with Crippen LogP contribution in [0, 0.1) is 0 Å². The molecular formula is C35H31ClN2O13. The van der Waals surface area contributed by atoms with Gasteiger partial charge in [0.05, 0.1) is 32.8 Å². The fourth-order valence-corrected chi connectivity index (χ4v) is 6.48. The van der Waals surface area contributed by atoms with Crippen molar-refractivity contribution in [3.8, 4) is 34.1 Å². The topological polar surface area (TPSA) is 245 Å². The van der Waals surface area contributed by atoms with Crippen LogP contribution in [0.2, 0.25) is 0 Å². The number of phenolic OH excluding ortho intramolecular Hbond substituents is 3. The van der Waals surface area contributed by atoms with Crippen molar-refractivity contribution in [2.75, 3.05) is 26.2 Å². The second kappa shape index (κ2) is 13.8. The van der Waals surface area contributed by atoms with Gasteiger partial charge in [0.2, 0.25) is 10.9 Å². The summed E-state index contributed by atoms with van der Waals surface area (Å²) in [6.07, 6.45) is 3.98. The molecule has 5 aromatic rings. The first kappa shape index (κ1) is 36.4. The van der Waals surface area contributed by atoms with E-state index in [1.807, 2.05) is 0 Å². The van der Waals surface area contributed by atoms with Crippen LogP contribution in [0.15, 0.2) is 42.9 Å². The molecule has 1 aliphatic rings. The molecule has 0 saturated carbocycles. The summed E-state index contributed by atoms with van der Waals surface area (Å²) in [6, 6.07) is 2.72. The van der Waals surface area contributed by atoms with Crippen LogP contribution in [0.1, 0.15) is 74.5 Å². The third-order valence-corrected chi connectivity index (χ3v) is 8.83. The van der Waals surface area contributed by atoms with Gasteiger partial charge in [0, 0.05) is 36.3 Å². The number of hydrogen-bond acceptors (Lipinski definition) is 13. The molecule has 3 heterocycles. The molecule has 6 N–H and O–H groups in total. The number of likely N-dealkylation sites (tertiary alicyclic amines) is 1. The zero-order valence-electron chi connectivity index (χ0n) is 27.1. The molecule has 0 unspecified atom stereocenters. The Labute approximate surface area is 292 Å². The molecule has 1 aliphatic heterocycles. The molecule has 0 aliphatic carbocycles. The molecule has 0 radical (unpaired) electrons. The average molecular weight is 723 g/mol. The van der Waals surface area contributed by atoms with E-state index in [1.165, 1.54) is 0 Å². The molecule has 0 bridgehead atoms. The molecule has 2 aromatic heterocycles. The Morgan fingerprint density at radius 3 is 2.02 bits per heavy atom. The van der Waals surface area contributed by atoms with E-state index in [9.17, 15) is 54.3 Å². The van der Waals surface area contributed by atoms with Crippen LogP contribution in [-0.4, -0.2) is 80.1 Å². The summed E-state index contributed by atoms with van der Waals surface area (Å²) in [7, 11) is 0. The first-order chi connectivity index (χ1) is 23.7. The quantitative estimate of drug-likeness (QED) is 0.0744. The van der Waals surface area contributed by atoms with E-state index in [2.05, 4.69) is 10.2 Å². The number of aromatic carboxylic acids is 1. The predicted octanol–water partition coefficient (Wildman–Crippen LogP) is 4.28. The van der Waals surface area contributed by atoms with Crippen LogP contribution in [0.25, 0.3) is 44.0 Å². The standard InChI is InChI=1S/C35H30N2O13.ClH/c1-14(38)16-10-17-29(42)26-22(12-20(41)31(44)27(26)34(46)36-6-9-37-7-4-3-5-8-37)50-33(17)23(15(2)39)24(16)18-13-49-21-11-19(40)32(45)28(35(47)48)25(21)30(18)43;/h10-13,40-41,44-45H,3-9H2,1-2H3,(H,36,46)(H,47,48);1H. The summed E-state index contributed by atoms with van der Waals surface area (Å²) < 4.78 is 11.4. The molecular weight excluding hydrogens is 692 g/mol. The molecule has 3 aromatic carbocycles. The number of carbonyl (C=O) groups excluding carboxylic acids is 3. The minimum Gasteiger partial charge on any atom is -0.504 e. The zero-order chi connectivity index (χ0) is 36.2. The van der Waals surface area contributed by atoms with E-state index in [1.54, 1.807) is 0 Å². The normalized spacial score (nSPS) is 13.3. The third kappa shape index (κ3) is 6.10. The number of carboxylic acids is 1. The van der Waals surface area contributed by atoms with Crippen LogP contribution >= 0.6 is 12.4 Å². The number of Topliss-reactive ketones (excluding diaryl/α,β-unsaturated/α-hetero) is 2. The molecule has 51 heavy (non-hydrogen) atoms. The molecule has 1 fully saturated rings. The van der Waals surface area contributed by atoms with E-state index in [-0.39, 0.29) is 29.9 Å². The Balaban J connectivity index is 0.00000504. The van der Waals surface area contributed by atoms with Crippen molar-refractivity contribution in [2.45, 2.75) is 33.1 Å². The fourth-order valence-electron chi connectivity index (χ4n) is 6.48. The van der Waals surface area contributed by atoms with Gasteiger partial charge in [-0.05, 0) is 45.8 Å². The predicted molar refractivity (Wildman–Crippen MR) is 185 cm³/mol. The first-order valence-corrected chi connectivity index (χ1v) is 15.5. The summed E-state index contributed by atoms with van der Waals surface area (Å²) in [6.45, 7) is 4.52. The molecule has 1 amide bonds.